The molecule has 0 aliphatic heterocycles. The normalized spacial score (nSPS) is 10.1. The number of carbonyl (C=O) groups is 1. The Labute approximate surface area is 129 Å². The quantitative estimate of drug-likeness (QED) is 0.826. The Morgan fingerprint density at radius 1 is 1.14 bits per heavy atom. The monoisotopic (exact) mass is 302 g/mol. The van der Waals surface area contributed by atoms with Crippen molar-refractivity contribution in [3.63, 3.8) is 0 Å². The first-order valence-corrected chi connectivity index (χ1v) is 7.07. The van der Waals surface area contributed by atoms with Gasteiger partial charge in [0.1, 0.15) is 11.6 Å². The topological polar surface area (TPSA) is 50.4 Å². The second-order valence-corrected chi connectivity index (χ2v) is 4.77. The number of rotatable bonds is 7. The van der Waals surface area contributed by atoms with Crippen molar-refractivity contribution in [3.8, 4) is 5.75 Å². The van der Waals surface area contributed by atoms with Gasteiger partial charge in [0.05, 0.1) is 13.7 Å². The molecule has 0 fully saturated rings. The molecule has 2 rings (SSSR count). The summed E-state index contributed by atoms with van der Waals surface area (Å²) in [6.45, 7) is 0.577. The van der Waals surface area contributed by atoms with Gasteiger partial charge in [0, 0.05) is 12.2 Å². The molecule has 0 saturated carbocycles. The molecule has 4 nitrogen and oxygen atoms in total. The number of carbonyl (C=O) groups excluding carboxylic acids is 1. The first-order chi connectivity index (χ1) is 10.7. The maximum Gasteiger partial charge on any atom is 0.239 e. The van der Waals surface area contributed by atoms with Crippen molar-refractivity contribution >= 4 is 11.6 Å². The van der Waals surface area contributed by atoms with Crippen molar-refractivity contribution in [2.75, 3.05) is 25.5 Å². The number of halogens is 1. The molecule has 0 unspecified atom stereocenters. The second kappa shape index (κ2) is 8.02. The standard InChI is InChI=1S/C17H19FN2O2/c1-22-15-8-6-14(7-9-15)20-12-17(21)19-11-10-13-4-2-3-5-16(13)18/h2-9,20H,10-12H2,1H3,(H,19,21). The van der Waals surface area contributed by atoms with Gasteiger partial charge in [-0.2, -0.15) is 0 Å². The molecule has 2 aromatic rings. The minimum Gasteiger partial charge on any atom is -0.497 e. The molecule has 22 heavy (non-hydrogen) atoms. The van der Waals surface area contributed by atoms with E-state index in [0.29, 0.717) is 18.5 Å². The van der Waals surface area contributed by atoms with Crippen LogP contribution in [0.15, 0.2) is 48.5 Å². The summed E-state index contributed by atoms with van der Waals surface area (Å²) in [6.07, 6.45) is 0.473. The molecule has 0 saturated heterocycles. The summed E-state index contributed by atoms with van der Waals surface area (Å²) >= 11 is 0. The zero-order chi connectivity index (χ0) is 15.8. The molecule has 0 aliphatic carbocycles. The van der Waals surface area contributed by atoms with Crippen molar-refractivity contribution in [1.29, 1.82) is 0 Å². The molecular weight excluding hydrogens is 283 g/mol. The van der Waals surface area contributed by atoms with Crippen LogP contribution in [0.3, 0.4) is 0 Å². The summed E-state index contributed by atoms with van der Waals surface area (Å²) < 4.78 is 18.5. The average Bonchev–Trinajstić information content (AvgIpc) is 2.55. The van der Waals surface area contributed by atoms with Gasteiger partial charge in [-0.3, -0.25) is 4.79 Å². The van der Waals surface area contributed by atoms with Crippen LogP contribution in [0.5, 0.6) is 5.75 Å². The number of ether oxygens (including phenoxy) is 1. The van der Waals surface area contributed by atoms with Crippen molar-refractivity contribution in [3.05, 3.63) is 59.9 Å². The number of nitrogens with one attached hydrogen (secondary N) is 2. The van der Waals surface area contributed by atoms with Crippen molar-refractivity contribution in [1.82, 2.24) is 5.32 Å². The lowest BCUT2D eigenvalue weighted by Gasteiger charge is -2.09. The molecule has 5 heteroatoms. The Bertz CT molecular complexity index is 614. The van der Waals surface area contributed by atoms with Gasteiger partial charge in [-0.05, 0) is 42.3 Å². The Balaban J connectivity index is 1.70. The van der Waals surface area contributed by atoms with E-state index in [-0.39, 0.29) is 18.3 Å². The third-order valence-corrected chi connectivity index (χ3v) is 3.22. The Kier molecular flexibility index (Phi) is 5.77. The van der Waals surface area contributed by atoms with E-state index < -0.39 is 0 Å². The summed E-state index contributed by atoms with van der Waals surface area (Å²) in [5.41, 5.74) is 1.44. The van der Waals surface area contributed by atoms with Gasteiger partial charge in [-0.15, -0.1) is 0 Å². The summed E-state index contributed by atoms with van der Waals surface area (Å²) in [5, 5.41) is 5.77. The predicted octanol–water partition coefficient (Wildman–Crippen LogP) is 2.61. The molecule has 116 valence electrons. The van der Waals surface area contributed by atoms with E-state index in [1.165, 1.54) is 6.07 Å². The number of hydrogen-bond acceptors (Lipinski definition) is 3. The van der Waals surface area contributed by atoms with E-state index in [9.17, 15) is 9.18 Å². The van der Waals surface area contributed by atoms with Crippen LogP contribution in [0.2, 0.25) is 0 Å². The molecule has 0 aliphatic rings. The molecule has 2 N–H and O–H groups in total. The molecule has 0 heterocycles. The fourth-order valence-corrected chi connectivity index (χ4v) is 1.99. The van der Waals surface area contributed by atoms with E-state index >= 15 is 0 Å². The van der Waals surface area contributed by atoms with Gasteiger partial charge < -0.3 is 15.4 Å². The van der Waals surface area contributed by atoms with E-state index in [1.54, 1.807) is 25.3 Å². The Hall–Kier alpha value is -2.56. The SMILES string of the molecule is COc1ccc(NCC(=O)NCCc2ccccc2F)cc1. The third-order valence-electron chi connectivity index (χ3n) is 3.22. The van der Waals surface area contributed by atoms with E-state index in [1.807, 2.05) is 24.3 Å². The largest absolute Gasteiger partial charge is 0.497 e. The Morgan fingerprint density at radius 3 is 2.55 bits per heavy atom. The molecule has 2 aromatic carbocycles. The van der Waals surface area contributed by atoms with Gasteiger partial charge in [0.25, 0.3) is 0 Å². The van der Waals surface area contributed by atoms with Crippen LogP contribution in [0.25, 0.3) is 0 Å². The summed E-state index contributed by atoms with van der Waals surface area (Å²) in [4.78, 5) is 11.7. The molecule has 0 radical (unpaired) electrons. The molecule has 0 spiro atoms. The lowest BCUT2D eigenvalue weighted by atomic mass is 10.1. The van der Waals surface area contributed by atoms with Gasteiger partial charge in [0.2, 0.25) is 5.91 Å². The summed E-state index contributed by atoms with van der Waals surface area (Å²) in [7, 11) is 1.60. The van der Waals surface area contributed by atoms with Crippen LogP contribution >= 0.6 is 0 Å². The number of amides is 1. The second-order valence-electron chi connectivity index (χ2n) is 4.77. The fourth-order valence-electron chi connectivity index (χ4n) is 1.99. The highest BCUT2D eigenvalue weighted by Gasteiger charge is 2.03. The van der Waals surface area contributed by atoms with E-state index in [0.717, 1.165) is 11.4 Å². The summed E-state index contributed by atoms with van der Waals surface area (Å²) in [5.74, 6) is 0.389. The first kappa shape index (κ1) is 15.8. The molecule has 1 amide bonds. The molecular formula is C17H19FN2O2. The van der Waals surface area contributed by atoms with Crippen LogP contribution in [-0.4, -0.2) is 26.1 Å². The summed E-state index contributed by atoms with van der Waals surface area (Å²) in [6, 6.07) is 13.9. The number of hydrogen-bond donors (Lipinski definition) is 2. The van der Waals surface area contributed by atoms with Gasteiger partial charge in [-0.1, -0.05) is 18.2 Å². The van der Waals surface area contributed by atoms with Gasteiger partial charge in [-0.25, -0.2) is 4.39 Å². The first-order valence-electron chi connectivity index (χ1n) is 7.07. The highest BCUT2D eigenvalue weighted by molar-refractivity contribution is 5.80. The highest BCUT2D eigenvalue weighted by Crippen LogP contribution is 2.14. The van der Waals surface area contributed by atoms with Crippen LogP contribution in [-0.2, 0) is 11.2 Å². The third kappa shape index (κ3) is 4.77. The minimum atomic E-state index is -0.242. The zero-order valence-electron chi connectivity index (χ0n) is 12.4. The molecule has 0 bridgehead atoms. The van der Waals surface area contributed by atoms with Crippen molar-refractivity contribution in [2.45, 2.75) is 6.42 Å². The van der Waals surface area contributed by atoms with E-state index in [2.05, 4.69) is 10.6 Å². The number of methoxy groups -OCH3 is 1. The predicted molar refractivity (Wildman–Crippen MR) is 84.6 cm³/mol. The van der Waals surface area contributed by atoms with Crippen LogP contribution in [0, 0.1) is 5.82 Å². The maximum atomic E-state index is 13.4. The zero-order valence-corrected chi connectivity index (χ0v) is 12.4. The Morgan fingerprint density at radius 2 is 1.86 bits per heavy atom. The number of benzene rings is 2. The lowest BCUT2D eigenvalue weighted by molar-refractivity contribution is -0.119. The van der Waals surface area contributed by atoms with Gasteiger partial charge >= 0.3 is 0 Å². The lowest BCUT2D eigenvalue weighted by Crippen LogP contribution is -2.31. The average molecular weight is 302 g/mol. The molecule has 0 atom stereocenters. The fraction of sp³-hybridized carbons (Fsp3) is 0.235. The number of anilines is 1. The van der Waals surface area contributed by atoms with Crippen LogP contribution in [0.4, 0.5) is 10.1 Å². The van der Waals surface area contributed by atoms with Crippen LogP contribution in [0.1, 0.15) is 5.56 Å². The van der Waals surface area contributed by atoms with E-state index in [4.69, 9.17) is 4.74 Å². The van der Waals surface area contributed by atoms with Crippen molar-refractivity contribution < 1.29 is 13.9 Å². The molecule has 0 aromatic heterocycles. The minimum absolute atomic E-state index is 0.132. The smallest absolute Gasteiger partial charge is 0.239 e. The van der Waals surface area contributed by atoms with Crippen LogP contribution < -0.4 is 15.4 Å². The van der Waals surface area contributed by atoms with Crippen molar-refractivity contribution in [2.24, 2.45) is 0 Å². The maximum absolute atomic E-state index is 13.4. The van der Waals surface area contributed by atoms with Gasteiger partial charge in [0.15, 0.2) is 0 Å². The highest BCUT2D eigenvalue weighted by atomic mass is 19.1.